The second-order valence-corrected chi connectivity index (χ2v) is 4.73. The Morgan fingerprint density at radius 1 is 1.32 bits per heavy atom. The number of urea groups is 1. The molecule has 1 aromatic rings. The molecule has 19 heavy (non-hydrogen) atoms. The lowest BCUT2D eigenvalue weighted by Crippen LogP contribution is -2.41. The molecule has 104 valence electrons. The van der Waals surface area contributed by atoms with E-state index in [0.717, 1.165) is 17.3 Å². The van der Waals surface area contributed by atoms with Crippen LogP contribution >= 0.6 is 15.9 Å². The number of carbonyl (C=O) groups excluding carboxylic acids is 2. The zero-order chi connectivity index (χ0) is 14.1. The topological polar surface area (TPSA) is 67.4 Å². The minimum Gasteiger partial charge on any atom is -0.483 e. The Morgan fingerprint density at radius 3 is 2.74 bits per heavy atom. The lowest BCUT2D eigenvalue weighted by molar-refractivity contribution is -0.122. The van der Waals surface area contributed by atoms with Gasteiger partial charge in [-0.05, 0) is 34.5 Å². The van der Waals surface area contributed by atoms with Crippen LogP contribution in [0.15, 0.2) is 28.7 Å². The molecule has 0 aliphatic heterocycles. The van der Waals surface area contributed by atoms with E-state index in [1.165, 1.54) is 0 Å². The van der Waals surface area contributed by atoms with E-state index in [9.17, 15) is 9.59 Å². The fourth-order valence-electron chi connectivity index (χ4n) is 1.29. The van der Waals surface area contributed by atoms with Crippen molar-refractivity contribution >= 4 is 27.9 Å². The van der Waals surface area contributed by atoms with Gasteiger partial charge < -0.3 is 10.1 Å². The summed E-state index contributed by atoms with van der Waals surface area (Å²) >= 11 is 3.30. The van der Waals surface area contributed by atoms with Crippen LogP contribution < -0.4 is 15.4 Å². The Kier molecular flexibility index (Phi) is 6.95. The molecular formula is C13H17BrN2O3. The number of ether oxygens (including phenoxy) is 1. The summed E-state index contributed by atoms with van der Waals surface area (Å²) in [7, 11) is 0. The molecule has 0 heterocycles. The van der Waals surface area contributed by atoms with E-state index in [2.05, 4.69) is 26.6 Å². The molecule has 5 nitrogen and oxygen atoms in total. The first-order chi connectivity index (χ1) is 9.13. The van der Waals surface area contributed by atoms with E-state index in [1.807, 2.05) is 19.1 Å². The van der Waals surface area contributed by atoms with Gasteiger partial charge in [-0.1, -0.05) is 25.5 Å². The first-order valence-electron chi connectivity index (χ1n) is 6.08. The predicted octanol–water partition coefficient (Wildman–Crippen LogP) is 2.45. The van der Waals surface area contributed by atoms with Gasteiger partial charge in [0.05, 0.1) is 4.47 Å². The van der Waals surface area contributed by atoms with E-state index in [-0.39, 0.29) is 6.61 Å². The third-order valence-electron chi connectivity index (χ3n) is 2.26. The van der Waals surface area contributed by atoms with Gasteiger partial charge in [0.1, 0.15) is 5.75 Å². The van der Waals surface area contributed by atoms with Gasteiger partial charge in [0.2, 0.25) is 0 Å². The van der Waals surface area contributed by atoms with Crippen LogP contribution in [0.2, 0.25) is 0 Å². The Balaban J connectivity index is 2.28. The molecule has 0 aliphatic rings. The van der Waals surface area contributed by atoms with E-state index in [4.69, 9.17) is 4.74 Å². The quantitative estimate of drug-likeness (QED) is 0.788. The van der Waals surface area contributed by atoms with Crippen molar-refractivity contribution in [3.63, 3.8) is 0 Å². The highest BCUT2D eigenvalue weighted by Crippen LogP contribution is 2.23. The first kappa shape index (κ1) is 15.5. The number of rotatable bonds is 6. The molecule has 0 atom stereocenters. The largest absolute Gasteiger partial charge is 0.483 e. The van der Waals surface area contributed by atoms with E-state index < -0.39 is 11.9 Å². The molecule has 0 fully saturated rings. The van der Waals surface area contributed by atoms with Crippen LogP contribution in [0.1, 0.15) is 19.8 Å². The standard InChI is InChI=1S/C13H17BrN2O3/c1-2-3-8-15-13(18)16-12(17)9-19-11-7-5-4-6-10(11)14/h4-7H,2-3,8-9H2,1H3,(H2,15,16,17,18). The summed E-state index contributed by atoms with van der Waals surface area (Å²) in [4.78, 5) is 22.8. The Labute approximate surface area is 120 Å². The van der Waals surface area contributed by atoms with Crippen molar-refractivity contribution in [3.05, 3.63) is 28.7 Å². The molecular weight excluding hydrogens is 312 g/mol. The number of para-hydroxylation sites is 1. The molecule has 0 saturated heterocycles. The molecule has 0 bridgehead atoms. The highest BCUT2D eigenvalue weighted by Gasteiger charge is 2.08. The van der Waals surface area contributed by atoms with Crippen LogP contribution in [0.4, 0.5) is 4.79 Å². The summed E-state index contributed by atoms with van der Waals surface area (Å²) < 4.78 is 6.05. The van der Waals surface area contributed by atoms with Crippen LogP contribution in [0.25, 0.3) is 0 Å². The van der Waals surface area contributed by atoms with Crippen LogP contribution in [0.5, 0.6) is 5.75 Å². The zero-order valence-corrected chi connectivity index (χ0v) is 12.3. The van der Waals surface area contributed by atoms with Gasteiger partial charge in [0, 0.05) is 6.54 Å². The first-order valence-corrected chi connectivity index (χ1v) is 6.87. The van der Waals surface area contributed by atoms with Crippen molar-refractivity contribution in [3.8, 4) is 5.75 Å². The number of unbranched alkanes of at least 4 members (excludes halogenated alkanes) is 1. The molecule has 0 saturated carbocycles. The Bertz CT molecular complexity index is 438. The second kappa shape index (κ2) is 8.53. The second-order valence-electron chi connectivity index (χ2n) is 3.88. The summed E-state index contributed by atoms with van der Waals surface area (Å²) in [6, 6.07) is 6.70. The highest BCUT2D eigenvalue weighted by atomic mass is 79.9. The normalized spacial score (nSPS) is 9.79. The molecule has 0 radical (unpaired) electrons. The van der Waals surface area contributed by atoms with Gasteiger partial charge in [0.25, 0.3) is 5.91 Å². The maximum absolute atomic E-state index is 11.5. The van der Waals surface area contributed by atoms with Crippen molar-refractivity contribution in [2.75, 3.05) is 13.2 Å². The monoisotopic (exact) mass is 328 g/mol. The number of amides is 3. The van der Waals surface area contributed by atoms with Crippen molar-refractivity contribution < 1.29 is 14.3 Å². The third-order valence-corrected chi connectivity index (χ3v) is 2.92. The van der Waals surface area contributed by atoms with Crippen LogP contribution in [0, 0.1) is 0 Å². The summed E-state index contributed by atoms with van der Waals surface area (Å²) in [5.74, 6) is 0.0776. The van der Waals surface area contributed by atoms with Gasteiger partial charge in [0.15, 0.2) is 6.61 Å². The number of hydrogen-bond acceptors (Lipinski definition) is 3. The minimum atomic E-state index is -0.492. The van der Waals surface area contributed by atoms with Crippen molar-refractivity contribution in [2.24, 2.45) is 0 Å². The summed E-state index contributed by atoms with van der Waals surface area (Å²) in [5.41, 5.74) is 0. The lowest BCUT2D eigenvalue weighted by atomic mass is 10.3. The van der Waals surface area contributed by atoms with E-state index >= 15 is 0 Å². The van der Waals surface area contributed by atoms with E-state index in [0.29, 0.717) is 12.3 Å². The molecule has 0 aromatic heterocycles. The SMILES string of the molecule is CCCCNC(=O)NC(=O)COc1ccccc1Br. The maximum Gasteiger partial charge on any atom is 0.321 e. The fourth-order valence-corrected chi connectivity index (χ4v) is 1.69. The molecule has 1 rings (SSSR count). The van der Waals surface area contributed by atoms with Crippen LogP contribution in [0.3, 0.4) is 0 Å². The Hall–Kier alpha value is -1.56. The van der Waals surface area contributed by atoms with Crippen molar-refractivity contribution in [1.29, 1.82) is 0 Å². The molecule has 6 heteroatoms. The molecule has 0 unspecified atom stereocenters. The molecule has 0 spiro atoms. The summed E-state index contributed by atoms with van der Waals surface area (Å²) in [6.45, 7) is 2.38. The maximum atomic E-state index is 11.5. The minimum absolute atomic E-state index is 0.205. The smallest absolute Gasteiger partial charge is 0.321 e. The average Bonchev–Trinajstić information content (AvgIpc) is 2.38. The van der Waals surface area contributed by atoms with Gasteiger partial charge in [-0.2, -0.15) is 0 Å². The van der Waals surface area contributed by atoms with Gasteiger partial charge in [-0.15, -0.1) is 0 Å². The third kappa shape index (κ3) is 6.24. The number of nitrogens with one attached hydrogen (secondary N) is 2. The van der Waals surface area contributed by atoms with Crippen LogP contribution in [-0.2, 0) is 4.79 Å². The van der Waals surface area contributed by atoms with E-state index in [1.54, 1.807) is 12.1 Å². The summed E-state index contributed by atoms with van der Waals surface area (Å²) in [5, 5.41) is 4.79. The van der Waals surface area contributed by atoms with Gasteiger partial charge in [-0.25, -0.2) is 4.79 Å². The number of benzene rings is 1. The van der Waals surface area contributed by atoms with Gasteiger partial charge in [-0.3, -0.25) is 10.1 Å². The average molecular weight is 329 g/mol. The van der Waals surface area contributed by atoms with Crippen LogP contribution in [-0.4, -0.2) is 25.1 Å². The van der Waals surface area contributed by atoms with Crippen molar-refractivity contribution in [2.45, 2.75) is 19.8 Å². The van der Waals surface area contributed by atoms with Gasteiger partial charge >= 0.3 is 6.03 Å². The number of carbonyl (C=O) groups is 2. The molecule has 0 aliphatic carbocycles. The van der Waals surface area contributed by atoms with Crippen molar-refractivity contribution in [1.82, 2.24) is 10.6 Å². The number of halogens is 1. The highest BCUT2D eigenvalue weighted by molar-refractivity contribution is 9.10. The zero-order valence-electron chi connectivity index (χ0n) is 10.7. The molecule has 1 aromatic carbocycles. The number of hydrogen-bond donors (Lipinski definition) is 2. The molecule has 2 N–H and O–H groups in total. The fraction of sp³-hybridized carbons (Fsp3) is 0.385. The lowest BCUT2D eigenvalue weighted by Gasteiger charge is -2.08. The summed E-state index contributed by atoms with van der Waals surface area (Å²) in [6.07, 6.45) is 1.87. The molecule has 3 amide bonds. The predicted molar refractivity (Wildman–Crippen MR) is 76.1 cm³/mol. The number of imide groups is 1. The Morgan fingerprint density at radius 2 is 2.05 bits per heavy atom.